The van der Waals surface area contributed by atoms with Crippen molar-refractivity contribution in [3.63, 3.8) is 0 Å². The number of rotatable bonds is 4. The molecule has 0 aliphatic rings. The van der Waals surface area contributed by atoms with Gasteiger partial charge in [-0.15, -0.1) is 0 Å². The van der Waals surface area contributed by atoms with Crippen molar-refractivity contribution < 1.29 is 14.0 Å². The van der Waals surface area contributed by atoms with Crippen molar-refractivity contribution in [2.45, 2.75) is 20.8 Å². The first-order chi connectivity index (χ1) is 12.4. The third-order valence-corrected chi connectivity index (χ3v) is 4.28. The van der Waals surface area contributed by atoms with E-state index in [2.05, 4.69) is 10.3 Å². The van der Waals surface area contributed by atoms with Crippen molar-refractivity contribution in [3.05, 3.63) is 59.0 Å². The normalized spacial score (nSPS) is 11.8. The highest BCUT2D eigenvalue weighted by Gasteiger charge is 2.32. The van der Waals surface area contributed by atoms with Gasteiger partial charge in [-0.05, 0) is 44.0 Å². The minimum Gasteiger partial charge on any atom is -0.452 e. The maximum Gasteiger partial charge on any atom is 0.251 e. The summed E-state index contributed by atoms with van der Waals surface area (Å²) >= 11 is 0. The Balaban J connectivity index is 1.97. The lowest BCUT2D eigenvalue weighted by molar-refractivity contribution is -0.117. The van der Waals surface area contributed by atoms with Crippen molar-refractivity contribution >= 4 is 28.5 Å². The van der Waals surface area contributed by atoms with Gasteiger partial charge in [0.25, 0.3) is 5.91 Å². The van der Waals surface area contributed by atoms with E-state index in [4.69, 9.17) is 4.42 Å². The molecule has 0 aliphatic carbocycles. The van der Waals surface area contributed by atoms with Crippen LogP contribution in [0.15, 0.2) is 40.9 Å². The van der Waals surface area contributed by atoms with E-state index in [-0.39, 0.29) is 11.6 Å². The molecule has 130 valence electrons. The average Bonchev–Trinajstić information content (AvgIpc) is 2.98. The first-order valence-corrected chi connectivity index (χ1v) is 8.09. The van der Waals surface area contributed by atoms with Crippen molar-refractivity contribution in [1.82, 2.24) is 4.98 Å². The molecule has 6 heteroatoms. The molecule has 0 spiro atoms. The molecule has 0 fully saturated rings. The number of carbonyl (C=O) groups excluding carboxylic acids is 2. The molecule has 3 aromatic rings. The van der Waals surface area contributed by atoms with Crippen LogP contribution in [0.25, 0.3) is 11.0 Å². The quantitative estimate of drug-likeness (QED) is 0.573. The molecule has 3 rings (SSSR count). The molecule has 26 heavy (non-hydrogen) atoms. The molecule has 0 saturated carbocycles. The van der Waals surface area contributed by atoms with E-state index in [1.807, 2.05) is 26.0 Å². The second-order valence-corrected chi connectivity index (χ2v) is 6.09. The van der Waals surface area contributed by atoms with Gasteiger partial charge in [0.2, 0.25) is 5.78 Å². The number of nitrogens with one attached hydrogen (secondary N) is 1. The minimum atomic E-state index is -1.52. The zero-order chi connectivity index (χ0) is 18.8. The number of pyridine rings is 1. The van der Waals surface area contributed by atoms with Gasteiger partial charge < -0.3 is 9.73 Å². The van der Waals surface area contributed by atoms with Crippen LogP contribution in [0.4, 0.5) is 5.82 Å². The molecule has 0 aliphatic heterocycles. The molecule has 1 N–H and O–H groups in total. The van der Waals surface area contributed by atoms with E-state index >= 15 is 0 Å². The van der Waals surface area contributed by atoms with Crippen LogP contribution in [-0.4, -0.2) is 16.7 Å². The van der Waals surface area contributed by atoms with Gasteiger partial charge in [-0.2, -0.15) is 5.26 Å². The van der Waals surface area contributed by atoms with E-state index in [1.165, 1.54) is 6.20 Å². The van der Waals surface area contributed by atoms with Crippen LogP contribution >= 0.6 is 0 Å². The highest BCUT2D eigenvalue weighted by molar-refractivity contribution is 6.16. The van der Waals surface area contributed by atoms with Gasteiger partial charge in [0.1, 0.15) is 11.4 Å². The molecule has 6 nitrogen and oxygen atoms in total. The molecule has 1 amide bonds. The molecule has 2 heterocycles. The van der Waals surface area contributed by atoms with E-state index < -0.39 is 17.6 Å². The Hall–Kier alpha value is -3.46. The van der Waals surface area contributed by atoms with Gasteiger partial charge in [-0.3, -0.25) is 9.59 Å². The first-order valence-electron chi connectivity index (χ1n) is 8.09. The predicted octanol–water partition coefficient (Wildman–Crippen LogP) is 3.71. The summed E-state index contributed by atoms with van der Waals surface area (Å²) < 4.78 is 5.76. The van der Waals surface area contributed by atoms with Gasteiger partial charge in [-0.1, -0.05) is 18.2 Å². The monoisotopic (exact) mass is 347 g/mol. The Morgan fingerprint density at radius 1 is 1.15 bits per heavy atom. The zero-order valence-corrected chi connectivity index (χ0v) is 14.7. The summed E-state index contributed by atoms with van der Waals surface area (Å²) in [5, 5.41) is 12.7. The average molecular weight is 347 g/mol. The Morgan fingerprint density at radius 3 is 2.50 bits per heavy atom. The summed E-state index contributed by atoms with van der Waals surface area (Å²) in [6.45, 7) is 5.57. The van der Waals surface area contributed by atoms with Gasteiger partial charge in [-0.25, -0.2) is 4.98 Å². The number of carbonyl (C=O) groups is 2. The summed E-state index contributed by atoms with van der Waals surface area (Å²) in [5.41, 5.74) is 3.10. The Labute approximate surface area is 150 Å². The smallest absolute Gasteiger partial charge is 0.251 e. The fraction of sp³-hybridized carbons (Fsp3) is 0.200. The van der Waals surface area contributed by atoms with Gasteiger partial charge in [0, 0.05) is 17.1 Å². The number of benzene rings is 1. The number of nitriles is 1. The number of Topliss-reactive ketones (excluding diaryl/α,β-unsaturated/α-hetero) is 1. The molecule has 2 aromatic heterocycles. The molecule has 0 bridgehead atoms. The largest absolute Gasteiger partial charge is 0.452 e. The van der Waals surface area contributed by atoms with Crippen molar-refractivity contribution in [2.24, 2.45) is 5.92 Å². The second-order valence-electron chi connectivity index (χ2n) is 6.09. The molecule has 1 unspecified atom stereocenters. The molecule has 1 atom stereocenters. The van der Waals surface area contributed by atoms with E-state index in [1.54, 1.807) is 31.2 Å². The van der Waals surface area contributed by atoms with Crippen LogP contribution in [0, 0.1) is 38.0 Å². The summed E-state index contributed by atoms with van der Waals surface area (Å²) in [4.78, 5) is 29.2. The minimum absolute atomic E-state index is 0.0418. The van der Waals surface area contributed by atoms with Crippen molar-refractivity contribution in [1.29, 1.82) is 5.26 Å². The molecule has 1 aromatic carbocycles. The SMILES string of the molecule is Cc1ccc(C)c2c(C)c(C(=O)C(C#N)C(=O)Nc3ccccn3)oc12. The van der Waals surface area contributed by atoms with Crippen LogP contribution < -0.4 is 5.32 Å². The Kier molecular flexibility index (Phi) is 4.55. The van der Waals surface area contributed by atoms with E-state index in [0.29, 0.717) is 11.1 Å². The maximum atomic E-state index is 12.8. The standard InChI is InChI=1S/C20H17N3O3/c1-11-7-8-12(2)18-16(11)13(3)19(26-18)17(24)14(10-21)20(25)23-15-6-4-5-9-22-15/h4-9,14H,1-3H3,(H,22,23,25). The van der Waals surface area contributed by atoms with Crippen LogP contribution in [0.3, 0.4) is 0 Å². The number of hydrogen-bond donors (Lipinski definition) is 1. The molecule has 0 radical (unpaired) electrons. The van der Waals surface area contributed by atoms with Crippen LogP contribution in [0.2, 0.25) is 0 Å². The number of ketones is 1. The number of nitrogens with zero attached hydrogens (tertiary/aromatic N) is 2. The summed E-state index contributed by atoms with van der Waals surface area (Å²) in [5.74, 6) is -2.59. The van der Waals surface area contributed by atoms with Crippen molar-refractivity contribution in [3.8, 4) is 6.07 Å². The number of fused-ring (bicyclic) bond motifs is 1. The first kappa shape index (κ1) is 17.4. The number of anilines is 1. The lowest BCUT2D eigenvalue weighted by Crippen LogP contribution is -2.29. The van der Waals surface area contributed by atoms with Gasteiger partial charge >= 0.3 is 0 Å². The highest BCUT2D eigenvalue weighted by Crippen LogP contribution is 2.32. The maximum absolute atomic E-state index is 12.8. The fourth-order valence-electron chi connectivity index (χ4n) is 2.91. The molecule has 0 saturated heterocycles. The number of hydrogen-bond acceptors (Lipinski definition) is 5. The predicted molar refractivity (Wildman–Crippen MR) is 96.7 cm³/mol. The summed E-state index contributed by atoms with van der Waals surface area (Å²) in [7, 11) is 0. The number of furan rings is 1. The fourth-order valence-corrected chi connectivity index (χ4v) is 2.91. The zero-order valence-electron chi connectivity index (χ0n) is 14.7. The number of aryl methyl sites for hydroxylation is 3. The molecular formula is C20H17N3O3. The van der Waals surface area contributed by atoms with Crippen LogP contribution in [-0.2, 0) is 4.79 Å². The number of amides is 1. The summed E-state index contributed by atoms with van der Waals surface area (Å²) in [6, 6.07) is 10.6. The third-order valence-electron chi connectivity index (χ3n) is 4.28. The lowest BCUT2D eigenvalue weighted by Gasteiger charge is -2.08. The third kappa shape index (κ3) is 2.95. The lowest BCUT2D eigenvalue weighted by atomic mass is 9.98. The topological polar surface area (TPSA) is 96.0 Å². The van der Waals surface area contributed by atoms with Crippen molar-refractivity contribution in [2.75, 3.05) is 5.32 Å². The van der Waals surface area contributed by atoms with Crippen LogP contribution in [0.1, 0.15) is 27.2 Å². The Morgan fingerprint density at radius 2 is 1.88 bits per heavy atom. The summed E-state index contributed by atoms with van der Waals surface area (Å²) in [6.07, 6.45) is 1.51. The van der Waals surface area contributed by atoms with E-state index in [0.717, 1.165) is 16.5 Å². The highest BCUT2D eigenvalue weighted by atomic mass is 16.3. The van der Waals surface area contributed by atoms with E-state index in [9.17, 15) is 14.9 Å². The Bertz CT molecular complexity index is 1050. The number of aromatic nitrogens is 1. The second kappa shape index (κ2) is 6.81. The van der Waals surface area contributed by atoms with Gasteiger partial charge in [0.05, 0.1) is 6.07 Å². The van der Waals surface area contributed by atoms with Gasteiger partial charge in [0.15, 0.2) is 11.7 Å². The van der Waals surface area contributed by atoms with Crippen LogP contribution in [0.5, 0.6) is 0 Å². The molecular weight excluding hydrogens is 330 g/mol.